The Balaban J connectivity index is 1.82. The number of amides is 4. The second kappa shape index (κ2) is 9.04. The number of hydrogen-bond acceptors (Lipinski definition) is 5. The summed E-state index contributed by atoms with van der Waals surface area (Å²) in [5, 5.41) is 10.5. The van der Waals surface area contributed by atoms with Crippen molar-refractivity contribution in [1.29, 1.82) is 0 Å². The Morgan fingerprint density at radius 3 is 2.88 bits per heavy atom. The van der Waals surface area contributed by atoms with Crippen molar-refractivity contribution in [2.75, 3.05) is 18.5 Å². The van der Waals surface area contributed by atoms with Crippen molar-refractivity contribution < 1.29 is 23.9 Å². The summed E-state index contributed by atoms with van der Waals surface area (Å²) in [6, 6.07) is 6.57. The summed E-state index contributed by atoms with van der Waals surface area (Å²) in [7, 11) is 0. The second-order valence-electron chi connectivity index (χ2n) is 6.41. The smallest absolute Gasteiger partial charge is 0.407 e. The van der Waals surface area contributed by atoms with Crippen molar-refractivity contribution in [1.82, 2.24) is 16.0 Å². The summed E-state index contributed by atoms with van der Waals surface area (Å²) < 4.78 is 10.4. The molecule has 0 unspecified atom stereocenters. The lowest BCUT2D eigenvalue weighted by Gasteiger charge is -2.25. The van der Waals surface area contributed by atoms with Crippen molar-refractivity contribution in [3.8, 4) is 0 Å². The Morgan fingerprint density at radius 2 is 2.19 bits per heavy atom. The first-order chi connectivity index (χ1) is 12.4. The number of ether oxygens (including phenoxy) is 2. The van der Waals surface area contributed by atoms with E-state index in [1.807, 2.05) is 6.07 Å². The summed E-state index contributed by atoms with van der Waals surface area (Å²) in [6.45, 7) is 4.61. The van der Waals surface area contributed by atoms with E-state index in [4.69, 9.17) is 9.47 Å². The van der Waals surface area contributed by atoms with Gasteiger partial charge in [0.15, 0.2) is 0 Å². The minimum Gasteiger partial charge on any atom is -0.444 e. The molecule has 26 heavy (non-hydrogen) atoms. The molecule has 142 valence electrons. The Labute approximate surface area is 151 Å². The molecule has 1 aliphatic heterocycles. The zero-order valence-electron chi connectivity index (χ0n) is 14.8. The third-order valence-corrected chi connectivity index (χ3v) is 3.63. The molecule has 1 atom stereocenters. The van der Waals surface area contributed by atoms with Crippen molar-refractivity contribution in [3.05, 3.63) is 29.8 Å². The molecule has 1 aromatic carbocycles. The van der Waals surface area contributed by atoms with Crippen molar-refractivity contribution in [2.24, 2.45) is 0 Å². The van der Waals surface area contributed by atoms with E-state index < -0.39 is 17.8 Å². The molecule has 9 heteroatoms. The molecule has 4 amide bonds. The van der Waals surface area contributed by atoms with E-state index in [9.17, 15) is 14.4 Å². The normalized spacial score (nSPS) is 16.5. The minimum absolute atomic E-state index is 0.199. The maximum Gasteiger partial charge on any atom is 0.407 e. The van der Waals surface area contributed by atoms with Crippen LogP contribution in [0.2, 0.25) is 0 Å². The van der Waals surface area contributed by atoms with E-state index in [-0.39, 0.29) is 12.6 Å². The van der Waals surface area contributed by atoms with Gasteiger partial charge in [0, 0.05) is 18.7 Å². The van der Waals surface area contributed by atoms with Gasteiger partial charge in [-0.3, -0.25) is 4.79 Å². The monoisotopic (exact) mass is 364 g/mol. The van der Waals surface area contributed by atoms with Gasteiger partial charge in [-0.05, 0) is 31.5 Å². The second-order valence-corrected chi connectivity index (χ2v) is 6.41. The van der Waals surface area contributed by atoms with Crippen LogP contribution < -0.4 is 21.3 Å². The summed E-state index contributed by atoms with van der Waals surface area (Å²) in [5.74, 6) is 0. The van der Waals surface area contributed by atoms with Gasteiger partial charge in [-0.25, -0.2) is 9.59 Å². The van der Waals surface area contributed by atoms with E-state index in [0.717, 1.165) is 5.56 Å². The topological polar surface area (TPSA) is 118 Å². The van der Waals surface area contributed by atoms with Gasteiger partial charge in [0.25, 0.3) is 0 Å². The van der Waals surface area contributed by atoms with Gasteiger partial charge in [-0.2, -0.15) is 0 Å². The fourth-order valence-corrected chi connectivity index (χ4v) is 2.36. The van der Waals surface area contributed by atoms with Gasteiger partial charge in [0.05, 0.1) is 13.2 Å². The van der Waals surface area contributed by atoms with Gasteiger partial charge in [-0.1, -0.05) is 12.1 Å². The SMILES string of the molecule is CC(C)(NC=O)NC(=O)Nc1cccc(CNC(=O)O[C@H]2CCOC2)c1. The molecule has 1 aliphatic rings. The maximum atomic E-state index is 12.0. The lowest BCUT2D eigenvalue weighted by molar-refractivity contribution is -0.111. The predicted molar refractivity (Wildman–Crippen MR) is 94.4 cm³/mol. The molecule has 9 nitrogen and oxygen atoms in total. The average molecular weight is 364 g/mol. The summed E-state index contributed by atoms with van der Waals surface area (Å²) in [4.78, 5) is 34.2. The summed E-state index contributed by atoms with van der Waals surface area (Å²) >= 11 is 0. The number of hydrogen-bond donors (Lipinski definition) is 4. The first-order valence-electron chi connectivity index (χ1n) is 8.29. The van der Waals surface area contributed by atoms with Crippen molar-refractivity contribution in [3.63, 3.8) is 0 Å². The van der Waals surface area contributed by atoms with E-state index >= 15 is 0 Å². The molecule has 1 saturated heterocycles. The highest BCUT2D eigenvalue weighted by atomic mass is 16.6. The lowest BCUT2D eigenvalue weighted by atomic mass is 10.2. The molecule has 0 spiro atoms. The molecule has 0 bridgehead atoms. The molecule has 1 heterocycles. The molecule has 0 saturated carbocycles. The van der Waals surface area contributed by atoms with Crippen molar-refractivity contribution in [2.45, 2.75) is 38.6 Å². The van der Waals surface area contributed by atoms with Crippen LogP contribution in [0, 0.1) is 0 Å². The first-order valence-corrected chi connectivity index (χ1v) is 8.29. The molecule has 2 rings (SSSR count). The Kier molecular flexibility index (Phi) is 6.79. The molecular weight excluding hydrogens is 340 g/mol. The van der Waals surface area contributed by atoms with Crippen LogP contribution in [0.15, 0.2) is 24.3 Å². The van der Waals surface area contributed by atoms with Crippen LogP contribution in [-0.4, -0.2) is 43.5 Å². The van der Waals surface area contributed by atoms with Crippen LogP contribution in [0.4, 0.5) is 15.3 Å². The quantitative estimate of drug-likeness (QED) is 0.430. The number of anilines is 1. The number of benzene rings is 1. The van der Waals surface area contributed by atoms with Crippen LogP contribution in [0.25, 0.3) is 0 Å². The Morgan fingerprint density at radius 1 is 1.38 bits per heavy atom. The standard InChI is InChI=1S/C17H24N4O5/c1-17(2,19-11-22)21-15(23)20-13-5-3-4-12(8-13)9-18-16(24)26-14-6-7-25-10-14/h3-5,8,11,14H,6-7,9-10H2,1-2H3,(H,18,24)(H,19,22)(H2,20,21,23)/t14-/m0/s1. The number of nitrogens with one attached hydrogen (secondary N) is 4. The van der Waals surface area contributed by atoms with Crippen LogP contribution >= 0.6 is 0 Å². The number of rotatable bonds is 7. The number of carbonyl (C=O) groups excluding carboxylic acids is 3. The van der Waals surface area contributed by atoms with Crippen LogP contribution in [0.1, 0.15) is 25.8 Å². The van der Waals surface area contributed by atoms with E-state index in [1.54, 1.807) is 32.0 Å². The van der Waals surface area contributed by atoms with E-state index in [1.165, 1.54) is 0 Å². The summed E-state index contributed by atoms with van der Waals surface area (Å²) in [6.07, 6.45) is 0.522. The molecule has 4 N–H and O–H groups in total. The van der Waals surface area contributed by atoms with E-state index in [2.05, 4.69) is 21.3 Å². The minimum atomic E-state index is -0.876. The maximum absolute atomic E-state index is 12.0. The van der Waals surface area contributed by atoms with Gasteiger partial charge in [0.1, 0.15) is 11.8 Å². The average Bonchev–Trinajstić information content (AvgIpc) is 3.05. The molecule has 0 radical (unpaired) electrons. The Bertz CT molecular complexity index is 644. The highest BCUT2D eigenvalue weighted by Crippen LogP contribution is 2.12. The van der Waals surface area contributed by atoms with E-state index in [0.29, 0.717) is 31.7 Å². The molecule has 0 aromatic heterocycles. The highest BCUT2D eigenvalue weighted by Gasteiger charge is 2.20. The number of urea groups is 1. The molecular formula is C17H24N4O5. The Hall–Kier alpha value is -2.81. The number of carbonyl (C=O) groups is 3. The molecule has 1 aromatic rings. The fraction of sp³-hybridized carbons (Fsp3) is 0.471. The van der Waals surface area contributed by atoms with Gasteiger partial charge in [-0.15, -0.1) is 0 Å². The zero-order valence-corrected chi connectivity index (χ0v) is 14.8. The predicted octanol–water partition coefficient (Wildman–Crippen LogP) is 1.31. The first kappa shape index (κ1) is 19.5. The molecule has 0 aliphatic carbocycles. The summed E-state index contributed by atoms with van der Waals surface area (Å²) in [5.41, 5.74) is 0.479. The third-order valence-electron chi connectivity index (χ3n) is 3.63. The van der Waals surface area contributed by atoms with Gasteiger partial charge >= 0.3 is 12.1 Å². The highest BCUT2D eigenvalue weighted by molar-refractivity contribution is 5.89. The largest absolute Gasteiger partial charge is 0.444 e. The van der Waals surface area contributed by atoms with Crippen molar-refractivity contribution >= 4 is 24.2 Å². The van der Waals surface area contributed by atoms with Crippen LogP contribution in [-0.2, 0) is 20.8 Å². The van der Waals surface area contributed by atoms with Crippen LogP contribution in [0.3, 0.4) is 0 Å². The zero-order chi connectivity index (χ0) is 19.0. The molecule has 1 fully saturated rings. The van der Waals surface area contributed by atoms with Crippen LogP contribution in [0.5, 0.6) is 0 Å². The lowest BCUT2D eigenvalue weighted by Crippen LogP contribution is -2.55. The fourth-order valence-electron chi connectivity index (χ4n) is 2.36. The van der Waals surface area contributed by atoms with Gasteiger partial charge in [0.2, 0.25) is 6.41 Å². The number of alkyl carbamates (subject to hydrolysis) is 1. The third kappa shape index (κ3) is 6.60. The van der Waals surface area contributed by atoms with Gasteiger partial charge < -0.3 is 30.7 Å².